The number of hydrogen-bond acceptors (Lipinski definition) is 4. The maximum absolute atomic E-state index is 10.8. The molecule has 0 spiro atoms. The van der Waals surface area contributed by atoms with E-state index in [0.717, 1.165) is 0 Å². The van der Waals surface area contributed by atoms with Crippen LogP contribution in [0.1, 0.15) is 26.7 Å². The molecule has 0 unspecified atom stereocenters. The summed E-state index contributed by atoms with van der Waals surface area (Å²) in [5.74, 6) is 0.237. The summed E-state index contributed by atoms with van der Waals surface area (Å²) >= 11 is 0. The molecule has 0 amide bonds. The van der Waals surface area contributed by atoms with Gasteiger partial charge in [-0.3, -0.25) is 9.59 Å². The Hall–Kier alpha value is -2.10. The van der Waals surface area contributed by atoms with Crippen LogP contribution in [-0.2, 0) is 14.3 Å². The Morgan fingerprint density at radius 1 is 1.11 bits per heavy atom. The van der Waals surface area contributed by atoms with E-state index in [9.17, 15) is 9.59 Å². The van der Waals surface area contributed by atoms with Crippen molar-refractivity contribution in [3.8, 4) is 5.75 Å². The Morgan fingerprint density at radius 2 is 1.68 bits per heavy atom. The van der Waals surface area contributed by atoms with E-state index in [1.165, 1.54) is 0 Å². The zero-order valence-electron chi connectivity index (χ0n) is 11.4. The maximum atomic E-state index is 10.8. The largest absolute Gasteiger partial charge is 0.461 e. The van der Waals surface area contributed by atoms with E-state index in [4.69, 9.17) is 4.74 Å². The molecule has 104 valence electrons. The standard InChI is InChI=1S/C9H10O2.C6H10O2/c1-2-9(10)11-8-6-4-3-5-7-8;1-3-5-8-6(7)4-2/h3-7H,2H2,1H3;3H,1,4-5H2,2H3. The minimum atomic E-state index is -0.198. The van der Waals surface area contributed by atoms with Crippen LogP contribution >= 0.6 is 0 Å². The molecule has 0 aromatic heterocycles. The number of esters is 2. The normalized spacial score (nSPS) is 8.74. The molecule has 0 aliphatic carbocycles. The highest BCUT2D eigenvalue weighted by Crippen LogP contribution is 2.08. The average Bonchev–Trinajstić information content (AvgIpc) is 2.46. The minimum Gasteiger partial charge on any atom is -0.461 e. The van der Waals surface area contributed by atoms with Crippen molar-refractivity contribution < 1.29 is 19.1 Å². The van der Waals surface area contributed by atoms with Gasteiger partial charge in [0, 0.05) is 12.8 Å². The third-order valence-electron chi connectivity index (χ3n) is 1.91. The fourth-order valence-electron chi connectivity index (χ4n) is 0.946. The molecule has 0 aliphatic heterocycles. The van der Waals surface area contributed by atoms with Crippen LogP contribution in [0.2, 0.25) is 0 Å². The summed E-state index contributed by atoms with van der Waals surface area (Å²) in [4.78, 5) is 21.1. The SMILES string of the molecule is C=CCOC(=O)CC.CCC(=O)Oc1ccccc1. The molecule has 0 saturated heterocycles. The van der Waals surface area contributed by atoms with Gasteiger partial charge >= 0.3 is 11.9 Å². The minimum absolute atomic E-state index is 0.176. The van der Waals surface area contributed by atoms with Crippen LogP contribution in [-0.4, -0.2) is 18.5 Å². The molecule has 0 saturated carbocycles. The maximum Gasteiger partial charge on any atom is 0.310 e. The number of benzene rings is 1. The number of ether oxygens (including phenoxy) is 2. The fraction of sp³-hybridized carbons (Fsp3) is 0.333. The molecule has 0 N–H and O–H groups in total. The summed E-state index contributed by atoms with van der Waals surface area (Å²) in [6, 6.07) is 9.06. The molecule has 0 radical (unpaired) electrons. The second-order valence-electron chi connectivity index (χ2n) is 3.47. The summed E-state index contributed by atoms with van der Waals surface area (Å²) < 4.78 is 9.51. The molecule has 1 aromatic rings. The second kappa shape index (κ2) is 11.0. The van der Waals surface area contributed by atoms with Crippen LogP contribution in [0, 0.1) is 0 Å². The van der Waals surface area contributed by atoms with Gasteiger partial charge in [-0.25, -0.2) is 0 Å². The Bertz CT molecular complexity index is 384. The van der Waals surface area contributed by atoms with Crippen LogP contribution in [0.15, 0.2) is 43.0 Å². The van der Waals surface area contributed by atoms with Gasteiger partial charge in [-0.2, -0.15) is 0 Å². The quantitative estimate of drug-likeness (QED) is 0.466. The van der Waals surface area contributed by atoms with Gasteiger partial charge in [0.05, 0.1) is 0 Å². The predicted molar refractivity (Wildman–Crippen MR) is 73.8 cm³/mol. The van der Waals surface area contributed by atoms with E-state index in [2.05, 4.69) is 11.3 Å². The summed E-state index contributed by atoms with van der Waals surface area (Å²) in [5, 5.41) is 0. The highest BCUT2D eigenvalue weighted by atomic mass is 16.5. The van der Waals surface area contributed by atoms with Crippen LogP contribution in [0.4, 0.5) is 0 Å². The molecule has 0 fully saturated rings. The number of rotatable bonds is 5. The number of carbonyl (C=O) groups is 2. The lowest BCUT2D eigenvalue weighted by Crippen LogP contribution is -2.04. The zero-order chi connectivity index (χ0) is 14.5. The lowest BCUT2D eigenvalue weighted by Gasteiger charge is -1.99. The van der Waals surface area contributed by atoms with Crippen LogP contribution in [0.3, 0.4) is 0 Å². The summed E-state index contributed by atoms with van der Waals surface area (Å²) in [6.07, 6.45) is 2.40. The molecule has 0 heterocycles. The summed E-state index contributed by atoms with van der Waals surface area (Å²) in [6.45, 7) is 7.24. The third-order valence-corrected chi connectivity index (χ3v) is 1.91. The molecule has 19 heavy (non-hydrogen) atoms. The Balaban J connectivity index is 0.000000362. The van der Waals surface area contributed by atoms with Crippen molar-refractivity contribution >= 4 is 11.9 Å². The molecular formula is C15H20O4. The molecule has 0 bridgehead atoms. The van der Waals surface area contributed by atoms with Gasteiger partial charge in [0.1, 0.15) is 12.4 Å². The van der Waals surface area contributed by atoms with E-state index in [0.29, 0.717) is 25.2 Å². The molecule has 4 heteroatoms. The molecular weight excluding hydrogens is 244 g/mol. The van der Waals surface area contributed by atoms with Gasteiger partial charge in [0.15, 0.2) is 0 Å². The van der Waals surface area contributed by atoms with Crippen LogP contribution in [0.25, 0.3) is 0 Å². The lowest BCUT2D eigenvalue weighted by atomic mass is 10.3. The predicted octanol–water partition coefficient (Wildman–Crippen LogP) is 3.13. The molecule has 0 atom stereocenters. The van der Waals surface area contributed by atoms with E-state index in [1.54, 1.807) is 32.1 Å². The number of carbonyl (C=O) groups excluding carboxylic acids is 2. The van der Waals surface area contributed by atoms with E-state index in [1.807, 2.05) is 18.2 Å². The first kappa shape index (κ1) is 16.9. The Morgan fingerprint density at radius 3 is 2.16 bits per heavy atom. The van der Waals surface area contributed by atoms with Gasteiger partial charge in [0.25, 0.3) is 0 Å². The van der Waals surface area contributed by atoms with Crippen molar-refractivity contribution in [2.75, 3.05) is 6.61 Å². The lowest BCUT2D eigenvalue weighted by molar-refractivity contribution is -0.142. The fourth-order valence-corrected chi connectivity index (χ4v) is 0.946. The molecule has 1 aromatic carbocycles. The van der Waals surface area contributed by atoms with Gasteiger partial charge in [-0.05, 0) is 12.1 Å². The van der Waals surface area contributed by atoms with Crippen molar-refractivity contribution in [1.82, 2.24) is 0 Å². The highest BCUT2D eigenvalue weighted by molar-refractivity contribution is 5.71. The summed E-state index contributed by atoms with van der Waals surface area (Å²) in [5.41, 5.74) is 0. The summed E-state index contributed by atoms with van der Waals surface area (Å²) in [7, 11) is 0. The van der Waals surface area contributed by atoms with Crippen molar-refractivity contribution in [3.05, 3.63) is 43.0 Å². The second-order valence-corrected chi connectivity index (χ2v) is 3.47. The topological polar surface area (TPSA) is 52.6 Å². The number of para-hydroxylation sites is 1. The van der Waals surface area contributed by atoms with Gasteiger partial charge < -0.3 is 9.47 Å². The number of hydrogen-bond donors (Lipinski definition) is 0. The van der Waals surface area contributed by atoms with Gasteiger partial charge in [-0.1, -0.05) is 44.7 Å². The third kappa shape index (κ3) is 9.59. The smallest absolute Gasteiger partial charge is 0.310 e. The van der Waals surface area contributed by atoms with Crippen molar-refractivity contribution in [1.29, 1.82) is 0 Å². The first-order valence-corrected chi connectivity index (χ1v) is 6.16. The molecule has 4 nitrogen and oxygen atoms in total. The average molecular weight is 264 g/mol. The van der Waals surface area contributed by atoms with Crippen molar-refractivity contribution in [2.45, 2.75) is 26.7 Å². The molecule has 1 rings (SSSR count). The monoisotopic (exact) mass is 264 g/mol. The molecule has 0 aliphatic rings. The highest BCUT2D eigenvalue weighted by Gasteiger charge is 1.98. The van der Waals surface area contributed by atoms with Gasteiger partial charge in [-0.15, -0.1) is 0 Å². The van der Waals surface area contributed by atoms with Gasteiger partial charge in [0.2, 0.25) is 0 Å². The van der Waals surface area contributed by atoms with E-state index < -0.39 is 0 Å². The first-order chi connectivity index (χ1) is 9.13. The Kier molecular flexibility index (Phi) is 9.80. The van der Waals surface area contributed by atoms with Crippen LogP contribution < -0.4 is 4.74 Å². The van der Waals surface area contributed by atoms with Crippen molar-refractivity contribution in [2.24, 2.45) is 0 Å². The Labute approximate surface area is 114 Å². The van der Waals surface area contributed by atoms with Crippen molar-refractivity contribution in [3.63, 3.8) is 0 Å². The first-order valence-electron chi connectivity index (χ1n) is 6.16. The van der Waals surface area contributed by atoms with E-state index >= 15 is 0 Å². The van der Waals surface area contributed by atoms with E-state index in [-0.39, 0.29) is 11.9 Å². The zero-order valence-corrected chi connectivity index (χ0v) is 11.4. The van der Waals surface area contributed by atoms with Crippen LogP contribution in [0.5, 0.6) is 5.75 Å².